The number of ether oxygens (including phenoxy) is 1. The topological polar surface area (TPSA) is 53.9 Å². The average molecular weight is 400 g/mol. The molecule has 1 aliphatic heterocycles. The van der Waals surface area contributed by atoms with E-state index in [1.165, 1.54) is 5.56 Å². The third-order valence-electron chi connectivity index (χ3n) is 5.47. The Morgan fingerprint density at radius 2 is 2.07 bits per heavy atom. The van der Waals surface area contributed by atoms with Crippen molar-refractivity contribution in [3.8, 4) is 5.75 Å². The Morgan fingerprint density at radius 1 is 1.36 bits per heavy atom. The normalized spacial score (nSPS) is 18.1. The van der Waals surface area contributed by atoms with Gasteiger partial charge in [-0.05, 0) is 49.9 Å². The smallest absolute Gasteiger partial charge is 0.272 e. The van der Waals surface area contributed by atoms with Crippen LogP contribution < -0.4 is 15.1 Å². The first kappa shape index (κ1) is 20.2. The van der Waals surface area contributed by atoms with Gasteiger partial charge in [0.2, 0.25) is 0 Å². The number of carbonyl (C=O) groups excluding carboxylic acids is 1. The molecule has 148 valence electrons. The van der Waals surface area contributed by atoms with Crippen molar-refractivity contribution in [1.29, 1.82) is 0 Å². The van der Waals surface area contributed by atoms with Crippen LogP contribution in [0.5, 0.6) is 5.75 Å². The fourth-order valence-corrected chi connectivity index (χ4v) is 3.98. The van der Waals surface area contributed by atoms with E-state index in [1.54, 1.807) is 37.6 Å². The van der Waals surface area contributed by atoms with Gasteiger partial charge in [-0.25, -0.2) is 5.43 Å². The molecule has 0 spiro atoms. The first-order valence-electron chi connectivity index (χ1n) is 9.28. The summed E-state index contributed by atoms with van der Waals surface area (Å²) < 4.78 is 5.57. The average Bonchev–Trinajstić information content (AvgIpc) is 2.65. The number of benzene rings is 2. The summed E-state index contributed by atoms with van der Waals surface area (Å²) >= 11 is 6.06. The van der Waals surface area contributed by atoms with E-state index >= 15 is 0 Å². The zero-order valence-corrected chi connectivity index (χ0v) is 17.7. The molecule has 0 fully saturated rings. The van der Waals surface area contributed by atoms with Crippen LogP contribution in [0.3, 0.4) is 0 Å². The first-order valence-corrected chi connectivity index (χ1v) is 9.66. The fraction of sp³-hybridized carbons (Fsp3) is 0.364. The highest BCUT2D eigenvalue weighted by atomic mass is 35.5. The molecule has 28 heavy (non-hydrogen) atoms. The van der Waals surface area contributed by atoms with Crippen LogP contribution in [0.2, 0.25) is 5.02 Å². The Bertz CT molecular complexity index is 924. The number of anilines is 1. The van der Waals surface area contributed by atoms with Gasteiger partial charge in [0.15, 0.2) is 0 Å². The van der Waals surface area contributed by atoms with Gasteiger partial charge < -0.3 is 9.64 Å². The second-order valence-electron chi connectivity index (χ2n) is 7.81. The summed E-state index contributed by atoms with van der Waals surface area (Å²) in [5, 5.41) is 4.50. The summed E-state index contributed by atoms with van der Waals surface area (Å²) in [6.07, 6.45) is 2.67. The third kappa shape index (κ3) is 3.85. The Hall–Kier alpha value is -2.53. The summed E-state index contributed by atoms with van der Waals surface area (Å²) in [6, 6.07) is 11.0. The number of amides is 1. The molecule has 1 aliphatic rings. The van der Waals surface area contributed by atoms with Crippen LogP contribution in [0.4, 0.5) is 5.69 Å². The Morgan fingerprint density at radius 3 is 2.75 bits per heavy atom. The molecule has 0 saturated carbocycles. The molecule has 2 aromatic carbocycles. The predicted molar refractivity (Wildman–Crippen MR) is 115 cm³/mol. The van der Waals surface area contributed by atoms with Crippen LogP contribution in [0.15, 0.2) is 41.5 Å². The van der Waals surface area contributed by atoms with Gasteiger partial charge in [-0.15, -0.1) is 0 Å². The van der Waals surface area contributed by atoms with Gasteiger partial charge in [-0.1, -0.05) is 30.7 Å². The maximum absolute atomic E-state index is 12.3. The molecule has 0 saturated heterocycles. The third-order valence-corrected chi connectivity index (χ3v) is 5.80. The molecule has 1 amide bonds. The number of methoxy groups -OCH3 is 1. The van der Waals surface area contributed by atoms with Gasteiger partial charge in [0.25, 0.3) is 5.91 Å². The van der Waals surface area contributed by atoms with Crippen molar-refractivity contribution in [2.75, 3.05) is 19.1 Å². The van der Waals surface area contributed by atoms with Gasteiger partial charge in [-0.2, -0.15) is 5.10 Å². The summed E-state index contributed by atoms with van der Waals surface area (Å²) in [5.41, 5.74) is 6.23. The predicted octanol–water partition coefficient (Wildman–Crippen LogP) is 4.83. The first-order chi connectivity index (χ1) is 13.2. The highest BCUT2D eigenvalue weighted by molar-refractivity contribution is 6.33. The van der Waals surface area contributed by atoms with E-state index in [-0.39, 0.29) is 11.4 Å². The standard InChI is InChI=1S/C22H26ClN3O2/c1-14-12-22(2,3)26(4)19-11-20(28-5)15(10-17(14)19)13-24-25-21(27)16-8-6-7-9-18(16)23/h6-11,13-14H,12H2,1-5H3,(H,25,27)/b24-13-. The van der Waals surface area contributed by atoms with Crippen molar-refractivity contribution in [3.63, 3.8) is 0 Å². The molecule has 1 atom stereocenters. The Balaban J connectivity index is 1.87. The van der Waals surface area contributed by atoms with E-state index in [0.29, 0.717) is 22.3 Å². The monoisotopic (exact) mass is 399 g/mol. The molecule has 0 aromatic heterocycles. The summed E-state index contributed by atoms with van der Waals surface area (Å²) in [7, 11) is 3.75. The van der Waals surface area contributed by atoms with Crippen LogP contribution in [-0.2, 0) is 0 Å². The van der Waals surface area contributed by atoms with E-state index in [2.05, 4.69) is 49.3 Å². The zero-order chi connectivity index (χ0) is 20.5. The number of nitrogens with one attached hydrogen (secondary N) is 1. The number of carbonyl (C=O) groups is 1. The number of rotatable bonds is 4. The number of hydrogen-bond donors (Lipinski definition) is 1. The molecule has 0 radical (unpaired) electrons. The highest BCUT2D eigenvalue weighted by Gasteiger charge is 2.34. The summed E-state index contributed by atoms with van der Waals surface area (Å²) in [5.74, 6) is 0.775. The van der Waals surface area contributed by atoms with Crippen LogP contribution in [-0.4, -0.2) is 31.8 Å². The minimum Gasteiger partial charge on any atom is -0.496 e. The van der Waals surface area contributed by atoms with E-state index in [4.69, 9.17) is 16.3 Å². The molecule has 2 aromatic rings. The largest absolute Gasteiger partial charge is 0.496 e. The van der Waals surface area contributed by atoms with Crippen molar-refractivity contribution >= 4 is 29.4 Å². The van der Waals surface area contributed by atoms with Crippen LogP contribution in [0, 0.1) is 0 Å². The van der Waals surface area contributed by atoms with Gasteiger partial charge in [0, 0.05) is 29.9 Å². The lowest BCUT2D eigenvalue weighted by molar-refractivity contribution is 0.0955. The zero-order valence-electron chi connectivity index (χ0n) is 16.9. The van der Waals surface area contributed by atoms with Gasteiger partial charge in [0.1, 0.15) is 5.75 Å². The molecular weight excluding hydrogens is 374 g/mol. The van der Waals surface area contributed by atoms with Crippen LogP contribution in [0.1, 0.15) is 54.6 Å². The van der Waals surface area contributed by atoms with Crippen molar-refractivity contribution < 1.29 is 9.53 Å². The summed E-state index contributed by atoms with van der Waals surface area (Å²) in [6.45, 7) is 6.73. The minimum atomic E-state index is -0.353. The molecule has 3 rings (SSSR count). The van der Waals surface area contributed by atoms with Crippen molar-refractivity contribution in [3.05, 3.63) is 58.1 Å². The number of hydrogen-bond acceptors (Lipinski definition) is 4. The maximum Gasteiger partial charge on any atom is 0.272 e. The van der Waals surface area contributed by atoms with E-state index < -0.39 is 0 Å². The highest BCUT2D eigenvalue weighted by Crippen LogP contribution is 2.44. The minimum absolute atomic E-state index is 0.0793. The van der Waals surface area contributed by atoms with Crippen molar-refractivity contribution in [2.45, 2.75) is 38.6 Å². The molecule has 0 bridgehead atoms. The molecule has 6 heteroatoms. The molecule has 0 aliphatic carbocycles. The second-order valence-corrected chi connectivity index (χ2v) is 8.22. The Kier molecular flexibility index (Phi) is 5.66. The molecule has 1 unspecified atom stereocenters. The number of hydrazone groups is 1. The second kappa shape index (κ2) is 7.84. The van der Waals surface area contributed by atoms with Gasteiger partial charge in [-0.3, -0.25) is 4.79 Å². The number of halogens is 1. The van der Waals surface area contributed by atoms with Crippen molar-refractivity contribution in [2.24, 2.45) is 5.10 Å². The van der Waals surface area contributed by atoms with Crippen LogP contribution >= 0.6 is 11.6 Å². The van der Waals surface area contributed by atoms with E-state index in [0.717, 1.165) is 17.7 Å². The maximum atomic E-state index is 12.3. The van der Waals surface area contributed by atoms with Gasteiger partial charge >= 0.3 is 0 Å². The lowest BCUT2D eigenvalue weighted by Crippen LogP contribution is -2.45. The van der Waals surface area contributed by atoms with Gasteiger partial charge in [0.05, 0.1) is 23.9 Å². The lowest BCUT2D eigenvalue weighted by Gasteiger charge is -2.45. The summed E-state index contributed by atoms with van der Waals surface area (Å²) in [4.78, 5) is 14.6. The van der Waals surface area contributed by atoms with E-state index in [9.17, 15) is 4.79 Å². The molecule has 5 nitrogen and oxygen atoms in total. The SMILES string of the molecule is COc1cc2c(cc1/C=N\NC(=O)c1ccccc1Cl)C(C)CC(C)(C)N2C. The van der Waals surface area contributed by atoms with E-state index in [1.807, 2.05) is 6.07 Å². The van der Waals surface area contributed by atoms with Crippen molar-refractivity contribution in [1.82, 2.24) is 5.43 Å². The molecule has 1 N–H and O–H groups in total. The number of nitrogens with zero attached hydrogens (tertiary/aromatic N) is 2. The quantitative estimate of drug-likeness (QED) is 0.591. The Labute approximate surface area is 171 Å². The number of fused-ring (bicyclic) bond motifs is 1. The van der Waals surface area contributed by atoms with Crippen LogP contribution in [0.25, 0.3) is 0 Å². The lowest BCUT2D eigenvalue weighted by atomic mass is 9.80. The molecule has 1 heterocycles. The molecular formula is C22H26ClN3O2. The fourth-order valence-electron chi connectivity index (χ4n) is 3.75.